The van der Waals surface area contributed by atoms with Crippen molar-refractivity contribution in [3.8, 4) is 0 Å². The fraction of sp³-hybridized carbons (Fsp3) is 0.824. The molecule has 0 radical (unpaired) electrons. The summed E-state index contributed by atoms with van der Waals surface area (Å²) in [5.74, 6) is 3.00. The van der Waals surface area contributed by atoms with E-state index in [1.54, 1.807) is 0 Å². The Morgan fingerprint density at radius 3 is 2.83 bits per heavy atom. The van der Waals surface area contributed by atoms with Crippen LogP contribution < -0.4 is 10.6 Å². The van der Waals surface area contributed by atoms with Crippen LogP contribution in [0.2, 0.25) is 0 Å². The second kappa shape index (κ2) is 10.2. The first-order valence-electron chi connectivity index (χ1n) is 9.28. The van der Waals surface area contributed by atoms with Crippen molar-refractivity contribution in [3.63, 3.8) is 0 Å². The topological polar surface area (TPSA) is 67.1 Å². The molecule has 2 N–H and O–H groups in total. The summed E-state index contributed by atoms with van der Waals surface area (Å²) in [4.78, 5) is 4.68. The zero-order valence-electron chi connectivity index (χ0n) is 14.8. The lowest BCUT2D eigenvalue weighted by Gasteiger charge is -2.11. The summed E-state index contributed by atoms with van der Waals surface area (Å²) in [5.41, 5.74) is 0. The molecule has 0 aromatic carbocycles. The SMILES string of the molecule is CCCCCCNC(=NCc1nnc2n1CCCCC2)NCC. The summed E-state index contributed by atoms with van der Waals surface area (Å²) in [6, 6.07) is 0. The predicted octanol–water partition coefficient (Wildman–Crippen LogP) is 2.64. The van der Waals surface area contributed by atoms with Crippen LogP contribution in [-0.4, -0.2) is 33.8 Å². The largest absolute Gasteiger partial charge is 0.357 e. The smallest absolute Gasteiger partial charge is 0.191 e. The number of nitrogens with zero attached hydrogens (tertiary/aromatic N) is 4. The van der Waals surface area contributed by atoms with Gasteiger partial charge in [0.2, 0.25) is 0 Å². The average Bonchev–Trinajstić information content (AvgIpc) is 2.79. The molecular weight excluding hydrogens is 288 g/mol. The van der Waals surface area contributed by atoms with Gasteiger partial charge in [0.05, 0.1) is 0 Å². The molecule has 2 rings (SSSR count). The quantitative estimate of drug-likeness (QED) is 0.439. The van der Waals surface area contributed by atoms with Crippen LogP contribution in [0.15, 0.2) is 4.99 Å². The summed E-state index contributed by atoms with van der Waals surface area (Å²) < 4.78 is 2.27. The molecule has 6 nitrogen and oxygen atoms in total. The molecule has 130 valence electrons. The highest BCUT2D eigenvalue weighted by Gasteiger charge is 2.14. The van der Waals surface area contributed by atoms with Gasteiger partial charge in [0.25, 0.3) is 0 Å². The first kappa shape index (κ1) is 17.8. The molecule has 23 heavy (non-hydrogen) atoms. The highest BCUT2D eigenvalue weighted by atomic mass is 15.3. The highest BCUT2D eigenvalue weighted by molar-refractivity contribution is 5.79. The van der Waals surface area contributed by atoms with Gasteiger partial charge >= 0.3 is 0 Å². The minimum Gasteiger partial charge on any atom is -0.357 e. The average molecular weight is 320 g/mol. The van der Waals surface area contributed by atoms with E-state index in [-0.39, 0.29) is 0 Å². The van der Waals surface area contributed by atoms with Gasteiger partial charge in [0.1, 0.15) is 12.4 Å². The molecule has 0 saturated heterocycles. The lowest BCUT2D eigenvalue weighted by Crippen LogP contribution is -2.37. The van der Waals surface area contributed by atoms with Gasteiger partial charge in [-0.25, -0.2) is 4.99 Å². The van der Waals surface area contributed by atoms with Crippen molar-refractivity contribution >= 4 is 5.96 Å². The molecule has 0 fully saturated rings. The number of rotatable bonds is 8. The van der Waals surface area contributed by atoms with Gasteiger partial charge < -0.3 is 15.2 Å². The van der Waals surface area contributed by atoms with Crippen LogP contribution in [0.25, 0.3) is 0 Å². The van der Waals surface area contributed by atoms with E-state index in [4.69, 9.17) is 0 Å². The van der Waals surface area contributed by atoms with Crippen molar-refractivity contribution in [2.75, 3.05) is 13.1 Å². The number of hydrogen-bond donors (Lipinski definition) is 2. The molecule has 1 aliphatic heterocycles. The Bertz CT molecular complexity index is 479. The van der Waals surface area contributed by atoms with Crippen LogP contribution in [0.3, 0.4) is 0 Å². The van der Waals surface area contributed by atoms with E-state index in [1.807, 2.05) is 0 Å². The first-order chi connectivity index (χ1) is 11.3. The fourth-order valence-corrected chi connectivity index (χ4v) is 2.91. The van der Waals surface area contributed by atoms with Gasteiger partial charge in [0.15, 0.2) is 11.8 Å². The Morgan fingerprint density at radius 1 is 1.09 bits per heavy atom. The number of aryl methyl sites for hydroxylation is 1. The summed E-state index contributed by atoms with van der Waals surface area (Å²) in [6.07, 6.45) is 9.83. The van der Waals surface area contributed by atoms with Crippen LogP contribution >= 0.6 is 0 Å². The minimum atomic E-state index is 0.595. The van der Waals surface area contributed by atoms with Gasteiger partial charge in [-0.05, 0) is 26.2 Å². The van der Waals surface area contributed by atoms with E-state index in [0.717, 1.165) is 43.7 Å². The van der Waals surface area contributed by atoms with Crippen molar-refractivity contribution in [2.24, 2.45) is 4.99 Å². The number of hydrogen-bond acceptors (Lipinski definition) is 3. The van der Waals surface area contributed by atoms with Crippen LogP contribution in [0.4, 0.5) is 0 Å². The third-order valence-electron chi connectivity index (χ3n) is 4.23. The Kier molecular flexibility index (Phi) is 7.90. The maximum absolute atomic E-state index is 4.68. The zero-order valence-corrected chi connectivity index (χ0v) is 14.8. The molecule has 1 aromatic rings. The third kappa shape index (κ3) is 5.84. The second-order valence-corrected chi connectivity index (χ2v) is 6.18. The van der Waals surface area contributed by atoms with Crippen molar-refractivity contribution in [1.29, 1.82) is 0 Å². The third-order valence-corrected chi connectivity index (χ3v) is 4.23. The highest BCUT2D eigenvalue weighted by Crippen LogP contribution is 2.14. The summed E-state index contributed by atoms with van der Waals surface area (Å²) in [6.45, 7) is 7.81. The normalized spacial score (nSPS) is 15.1. The van der Waals surface area contributed by atoms with Gasteiger partial charge in [-0.2, -0.15) is 0 Å². The Labute approximate surface area is 140 Å². The Balaban J connectivity index is 1.88. The lowest BCUT2D eigenvalue weighted by molar-refractivity contribution is 0.604. The number of aliphatic imine (C=N–C) groups is 1. The lowest BCUT2D eigenvalue weighted by atomic mass is 10.2. The standard InChI is InChI=1S/C17H32N6/c1-3-5-6-9-12-19-17(18-4-2)20-14-16-22-21-15-11-8-7-10-13-23(15)16/h3-14H2,1-2H3,(H2,18,19,20). The van der Waals surface area contributed by atoms with Crippen LogP contribution in [0, 0.1) is 0 Å². The maximum Gasteiger partial charge on any atom is 0.191 e. The predicted molar refractivity (Wildman–Crippen MR) is 94.5 cm³/mol. The van der Waals surface area contributed by atoms with Crippen molar-refractivity contribution in [2.45, 2.75) is 78.3 Å². The molecule has 0 amide bonds. The molecule has 1 aliphatic rings. The molecule has 0 bridgehead atoms. The minimum absolute atomic E-state index is 0.595. The van der Waals surface area contributed by atoms with E-state index >= 15 is 0 Å². The molecule has 0 atom stereocenters. The number of unbranched alkanes of at least 4 members (excludes halogenated alkanes) is 3. The number of aromatic nitrogens is 3. The maximum atomic E-state index is 4.68. The van der Waals surface area contributed by atoms with Gasteiger partial charge in [0, 0.05) is 26.1 Å². The first-order valence-corrected chi connectivity index (χ1v) is 9.28. The molecule has 1 aromatic heterocycles. The number of guanidine groups is 1. The molecule has 0 unspecified atom stereocenters. The van der Waals surface area contributed by atoms with Crippen molar-refractivity contribution < 1.29 is 0 Å². The summed E-state index contributed by atoms with van der Waals surface area (Å²) in [7, 11) is 0. The zero-order chi connectivity index (χ0) is 16.3. The Hall–Kier alpha value is -1.59. The van der Waals surface area contributed by atoms with Crippen molar-refractivity contribution in [1.82, 2.24) is 25.4 Å². The van der Waals surface area contributed by atoms with E-state index in [0.29, 0.717) is 6.54 Å². The number of fused-ring (bicyclic) bond motifs is 1. The van der Waals surface area contributed by atoms with Gasteiger partial charge in [-0.3, -0.25) is 0 Å². The Morgan fingerprint density at radius 2 is 2.00 bits per heavy atom. The molecule has 0 aliphatic carbocycles. The van der Waals surface area contributed by atoms with Crippen LogP contribution in [0.5, 0.6) is 0 Å². The molecular formula is C17H32N6. The fourth-order valence-electron chi connectivity index (χ4n) is 2.91. The molecule has 2 heterocycles. The molecule has 0 saturated carbocycles. The molecule has 6 heteroatoms. The van der Waals surface area contributed by atoms with E-state index in [9.17, 15) is 0 Å². The van der Waals surface area contributed by atoms with Gasteiger partial charge in [-0.1, -0.05) is 32.6 Å². The molecule has 0 spiro atoms. The van der Waals surface area contributed by atoms with Crippen LogP contribution in [-0.2, 0) is 19.5 Å². The summed E-state index contributed by atoms with van der Waals surface area (Å²) in [5, 5.41) is 15.4. The monoisotopic (exact) mass is 320 g/mol. The van der Waals surface area contributed by atoms with Crippen molar-refractivity contribution in [3.05, 3.63) is 11.6 Å². The second-order valence-electron chi connectivity index (χ2n) is 6.18. The van der Waals surface area contributed by atoms with Gasteiger partial charge in [-0.15, -0.1) is 10.2 Å². The summed E-state index contributed by atoms with van der Waals surface area (Å²) >= 11 is 0. The van der Waals surface area contributed by atoms with E-state index < -0.39 is 0 Å². The number of nitrogens with one attached hydrogen (secondary N) is 2. The van der Waals surface area contributed by atoms with Crippen LogP contribution in [0.1, 0.15) is 70.4 Å². The van der Waals surface area contributed by atoms with E-state index in [2.05, 4.69) is 44.2 Å². The van der Waals surface area contributed by atoms with E-state index in [1.165, 1.54) is 44.9 Å².